The molecule has 0 atom stereocenters. The lowest BCUT2D eigenvalue weighted by Gasteiger charge is -2.10. The Morgan fingerprint density at radius 2 is 1.67 bits per heavy atom. The zero-order valence-electron chi connectivity index (χ0n) is 10.0. The number of aromatic nitrogens is 1. The smallest absolute Gasteiger partial charge is 0.0504 e. The number of nitrogens with zero attached hydrogens (tertiary/aromatic N) is 1. The lowest BCUT2D eigenvalue weighted by molar-refractivity contribution is 0.787. The van der Waals surface area contributed by atoms with E-state index in [1.165, 1.54) is 21.7 Å². The van der Waals surface area contributed by atoms with Gasteiger partial charge in [-0.3, -0.25) is 4.98 Å². The van der Waals surface area contributed by atoms with Crippen LogP contribution in [0.3, 0.4) is 0 Å². The van der Waals surface area contributed by atoms with E-state index in [9.17, 15) is 0 Å². The van der Waals surface area contributed by atoms with Crippen molar-refractivity contribution in [2.45, 2.75) is 46.0 Å². The first-order chi connectivity index (χ1) is 7.11. The van der Waals surface area contributed by atoms with Crippen molar-refractivity contribution in [3.8, 4) is 0 Å². The zero-order chi connectivity index (χ0) is 11.0. The Labute approximate surface area is 91.6 Å². The fraction of sp³-hybridized carbons (Fsp3) is 0.500. The van der Waals surface area contributed by atoms with Crippen molar-refractivity contribution >= 4 is 12.2 Å². The molecule has 1 heteroatoms. The third kappa shape index (κ3) is 1.71. The van der Waals surface area contributed by atoms with Gasteiger partial charge in [0.2, 0.25) is 0 Å². The van der Waals surface area contributed by atoms with E-state index in [1.807, 2.05) is 0 Å². The van der Waals surface area contributed by atoms with E-state index in [4.69, 9.17) is 0 Å². The van der Waals surface area contributed by atoms with Gasteiger partial charge in [-0.15, -0.1) is 0 Å². The first kappa shape index (κ1) is 10.4. The van der Waals surface area contributed by atoms with Crippen LogP contribution in [-0.2, 0) is 0 Å². The van der Waals surface area contributed by atoms with E-state index in [1.54, 1.807) is 0 Å². The van der Waals surface area contributed by atoms with Crippen LogP contribution in [0.2, 0.25) is 0 Å². The molecule has 0 saturated carbocycles. The van der Waals surface area contributed by atoms with Crippen LogP contribution in [0.4, 0.5) is 0 Å². The molecule has 1 aromatic rings. The van der Waals surface area contributed by atoms with Gasteiger partial charge in [0.15, 0.2) is 0 Å². The van der Waals surface area contributed by atoms with Crippen molar-refractivity contribution in [3.63, 3.8) is 0 Å². The molecule has 0 aromatic carbocycles. The van der Waals surface area contributed by atoms with Crippen LogP contribution < -0.4 is 10.4 Å². The van der Waals surface area contributed by atoms with Gasteiger partial charge in [-0.05, 0) is 34.3 Å². The van der Waals surface area contributed by atoms with Gasteiger partial charge in [0.05, 0.1) is 5.69 Å². The average molecular weight is 201 g/mol. The minimum absolute atomic E-state index is 0.516. The van der Waals surface area contributed by atoms with Gasteiger partial charge in [0.25, 0.3) is 0 Å². The highest BCUT2D eigenvalue weighted by atomic mass is 14.7. The fourth-order valence-corrected chi connectivity index (χ4v) is 2.23. The number of pyridine rings is 1. The SMILES string of the molecule is CC(C)c1cnc(C(C)C)c2c1=CCC=2. The summed E-state index contributed by atoms with van der Waals surface area (Å²) in [5.41, 5.74) is 2.64. The molecular formula is C14H19N. The molecule has 0 aliphatic heterocycles. The molecule has 0 bridgehead atoms. The second-order valence-corrected chi connectivity index (χ2v) is 4.88. The molecule has 0 N–H and O–H groups in total. The summed E-state index contributed by atoms with van der Waals surface area (Å²) in [5, 5.41) is 2.82. The monoisotopic (exact) mass is 201 g/mol. The molecule has 1 heterocycles. The summed E-state index contributed by atoms with van der Waals surface area (Å²) in [7, 11) is 0. The van der Waals surface area contributed by atoms with Crippen molar-refractivity contribution in [1.82, 2.24) is 4.98 Å². The molecule has 2 rings (SSSR count). The summed E-state index contributed by atoms with van der Waals surface area (Å²) in [6, 6.07) is 0. The normalized spacial score (nSPS) is 14.0. The van der Waals surface area contributed by atoms with Gasteiger partial charge in [-0.25, -0.2) is 0 Å². The van der Waals surface area contributed by atoms with Crippen molar-refractivity contribution < 1.29 is 0 Å². The van der Waals surface area contributed by atoms with Crippen LogP contribution in [0, 0.1) is 0 Å². The van der Waals surface area contributed by atoms with Crippen LogP contribution >= 0.6 is 0 Å². The largest absolute Gasteiger partial charge is 0.260 e. The molecule has 15 heavy (non-hydrogen) atoms. The summed E-state index contributed by atoms with van der Waals surface area (Å²) < 4.78 is 0. The van der Waals surface area contributed by atoms with Crippen LogP contribution in [-0.4, -0.2) is 4.98 Å². The standard InChI is InChI=1S/C14H19N/c1-9(2)13-8-15-14(10(3)4)12-7-5-6-11(12)13/h6-10H,5H2,1-4H3. The predicted molar refractivity (Wildman–Crippen MR) is 65.2 cm³/mol. The van der Waals surface area contributed by atoms with Crippen molar-refractivity contribution in [2.24, 2.45) is 0 Å². The van der Waals surface area contributed by atoms with Gasteiger partial charge < -0.3 is 0 Å². The third-order valence-electron chi connectivity index (χ3n) is 3.03. The van der Waals surface area contributed by atoms with E-state index in [-0.39, 0.29) is 0 Å². The molecular weight excluding hydrogens is 182 g/mol. The quantitative estimate of drug-likeness (QED) is 0.715. The Hall–Kier alpha value is -1.11. The van der Waals surface area contributed by atoms with Crippen LogP contribution in [0.5, 0.6) is 0 Å². The molecule has 1 aliphatic carbocycles. The molecule has 80 valence electrons. The van der Waals surface area contributed by atoms with Crippen molar-refractivity contribution in [1.29, 1.82) is 0 Å². The van der Waals surface area contributed by atoms with Crippen LogP contribution in [0.15, 0.2) is 6.20 Å². The lowest BCUT2D eigenvalue weighted by Crippen LogP contribution is -2.32. The van der Waals surface area contributed by atoms with Crippen molar-refractivity contribution in [2.75, 3.05) is 0 Å². The first-order valence-electron chi connectivity index (χ1n) is 5.80. The van der Waals surface area contributed by atoms with E-state index < -0.39 is 0 Å². The van der Waals surface area contributed by atoms with E-state index in [0.717, 1.165) is 6.42 Å². The van der Waals surface area contributed by atoms with E-state index in [0.29, 0.717) is 11.8 Å². The number of fused-ring (bicyclic) bond motifs is 1. The highest BCUT2D eigenvalue weighted by Crippen LogP contribution is 2.12. The summed E-state index contributed by atoms with van der Waals surface area (Å²) in [5.74, 6) is 1.08. The maximum atomic E-state index is 4.62. The van der Waals surface area contributed by atoms with Gasteiger partial charge in [0, 0.05) is 6.20 Å². The predicted octanol–water partition coefficient (Wildman–Crippen LogP) is 2.29. The fourth-order valence-electron chi connectivity index (χ4n) is 2.23. The van der Waals surface area contributed by atoms with Gasteiger partial charge >= 0.3 is 0 Å². The number of hydrogen-bond acceptors (Lipinski definition) is 1. The maximum absolute atomic E-state index is 4.62. The minimum Gasteiger partial charge on any atom is -0.260 e. The third-order valence-corrected chi connectivity index (χ3v) is 3.03. The Balaban J connectivity index is 2.72. The average Bonchev–Trinajstić information content (AvgIpc) is 2.63. The minimum atomic E-state index is 0.516. The Morgan fingerprint density at radius 3 is 2.27 bits per heavy atom. The molecule has 0 radical (unpaired) electrons. The second kappa shape index (κ2) is 3.80. The van der Waals surface area contributed by atoms with E-state index in [2.05, 4.69) is 51.0 Å². The van der Waals surface area contributed by atoms with Gasteiger partial charge in [-0.1, -0.05) is 39.8 Å². The molecule has 1 aliphatic rings. The summed E-state index contributed by atoms with van der Waals surface area (Å²) in [6.07, 6.45) is 7.77. The van der Waals surface area contributed by atoms with E-state index >= 15 is 0 Å². The number of hydrogen-bond donors (Lipinski definition) is 0. The lowest BCUT2D eigenvalue weighted by atomic mass is 9.99. The molecule has 0 unspecified atom stereocenters. The topological polar surface area (TPSA) is 12.9 Å². The maximum Gasteiger partial charge on any atom is 0.0504 e. The second-order valence-electron chi connectivity index (χ2n) is 4.88. The summed E-state index contributed by atoms with van der Waals surface area (Å²) >= 11 is 0. The molecule has 1 nitrogen and oxygen atoms in total. The Bertz CT molecular complexity index is 436. The van der Waals surface area contributed by atoms with Gasteiger partial charge in [0.1, 0.15) is 0 Å². The molecule has 0 saturated heterocycles. The summed E-state index contributed by atoms with van der Waals surface area (Å²) in [4.78, 5) is 4.62. The molecule has 0 fully saturated rings. The Kier molecular flexibility index (Phi) is 2.64. The Morgan fingerprint density at radius 1 is 1.00 bits per heavy atom. The van der Waals surface area contributed by atoms with Crippen LogP contribution in [0.25, 0.3) is 12.2 Å². The highest BCUT2D eigenvalue weighted by Gasteiger charge is 2.11. The first-order valence-corrected chi connectivity index (χ1v) is 5.80. The molecule has 0 spiro atoms. The molecule has 0 amide bonds. The summed E-state index contributed by atoms with van der Waals surface area (Å²) in [6.45, 7) is 8.89. The van der Waals surface area contributed by atoms with Crippen molar-refractivity contribution in [3.05, 3.63) is 27.9 Å². The van der Waals surface area contributed by atoms with Crippen LogP contribution in [0.1, 0.15) is 57.2 Å². The highest BCUT2D eigenvalue weighted by molar-refractivity contribution is 5.50. The number of rotatable bonds is 2. The van der Waals surface area contributed by atoms with Gasteiger partial charge in [-0.2, -0.15) is 0 Å². The zero-order valence-corrected chi connectivity index (χ0v) is 10.0. The molecule has 1 aromatic heterocycles.